The van der Waals surface area contributed by atoms with Crippen molar-refractivity contribution in [3.05, 3.63) is 63.0 Å². The molecule has 6 fully saturated rings. The van der Waals surface area contributed by atoms with Gasteiger partial charge in [-0.25, -0.2) is 32.1 Å². The highest BCUT2D eigenvalue weighted by Gasteiger charge is 2.74. The fraction of sp³-hybridized carbons (Fsp3) is 0.562. The lowest BCUT2D eigenvalue weighted by Gasteiger charge is -2.72. The molecule has 4 heterocycles. The molecule has 250 valence electrons. The molecule has 2 atom stereocenters. The Bertz CT molecular complexity index is 1790. The number of aliphatic imine (C=N–C) groups is 1. The van der Waals surface area contributed by atoms with E-state index in [2.05, 4.69) is 19.9 Å². The molecule has 3 aliphatic heterocycles. The van der Waals surface area contributed by atoms with E-state index >= 15 is 0 Å². The van der Waals surface area contributed by atoms with Gasteiger partial charge in [0.25, 0.3) is 0 Å². The zero-order valence-corrected chi connectivity index (χ0v) is 28.0. The monoisotopic (exact) mass is 683 g/mol. The van der Waals surface area contributed by atoms with E-state index in [0.717, 1.165) is 12.8 Å². The molecule has 2 saturated heterocycles. The number of carbonyl (C=O) groups is 2. The summed E-state index contributed by atoms with van der Waals surface area (Å²) in [5.41, 5.74) is 1.28. The van der Waals surface area contributed by atoms with Crippen LogP contribution in [-0.2, 0) is 19.6 Å². The lowest BCUT2D eigenvalue weighted by Crippen LogP contribution is -2.84. The van der Waals surface area contributed by atoms with Crippen molar-refractivity contribution >= 4 is 39.2 Å². The van der Waals surface area contributed by atoms with E-state index in [1.54, 1.807) is 32.2 Å². The third-order valence-electron chi connectivity index (χ3n) is 10.6. The molecule has 2 bridgehead atoms. The van der Waals surface area contributed by atoms with Gasteiger partial charge in [0.15, 0.2) is 10.8 Å². The first-order valence-electron chi connectivity index (χ1n) is 16.2. The molecule has 1 aromatic carbocycles. The molecular weight excluding hydrogens is 646 g/mol. The number of hydrogen-bond donors (Lipinski definition) is 2. The van der Waals surface area contributed by atoms with Gasteiger partial charge in [-0.05, 0) is 63.1 Å². The molecule has 0 spiro atoms. The predicted octanol–water partition coefficient (Wildman–Crippen LogP) is 2.68. The van der Waals surface area contributed by atoms with Crippen molar-refractivity contribution in [1.29, 1.82) is 0 Å². The van der Waals surface area contributed by atoms with Crippen molar-refractivity contribution in [3.63, 3.8) is 0 Å². The highest BCUT2D eigenvalue weighted by atomic mass is 32.2. The fourth-order valence-electron chi connectivity index (χ4n) is 8.19. The fourth-order valence-corrected chi connectivity index (χ4v) is 10.5. The van der Waals surface area contributed by atoms with Gasteiger partial charge in [-0.15, -0.1) is 11.3 Å². The number of hydrogen-bond acceptors (Lipinski definition) is 10. The van der Waals surface area contributed by atoms with Gasteiger partial charge in [0.05, 0.1) is 29.0 Å². The van der Waals surface area contributed by atoms with Gasteiger partial charge < -0.3 is 19.9 Å². The van der Waals surface area contributed by atoms with Crippen molar-refractivity contribution in [2.75, 3.05) is 39.3 Å². The summed E-state index contributed by atoms with van der Waals surface area (Å²) in [7, 11) is -3.28. The highest BCUT2D eigenvalue weighted by Crippen LogP contribution is 2.65. The van der Waals surface area contributed by atoms with Gasteiger partial charge in [0.2, 0.25) is 10.0 Å². The van der Waals surface area contributed by atoms with Crippen molar-refractivity contribution in [3.8, 4) is 0 Å². The largest absolute Gasteiger partial charge is 0.463 e. The summed E-state index contributed by atoms with van der Waals surface area (Å²) in [6.45, 7) is 6.31. The summed E-state index contributed by atoms with van der Waals surface area (Å²) < 4.78 is 48.4. The summed E-state index contributed by atoms with van der Waals surface area (Å²) in [6, 6.07) is 4.00. The molecule has 7 aliphatic rings. The maximum absolute atomic E-state index is 14.8. The van der Waals surface area contributed by atoms with Crippen LogP contribution in [-0.4, -0.2) is 108 Å². The van der Waals surface area contributed by atoms with Crippen LogP contribution in [0.4, 0.5) is 9.18 Å². The number of nitrogens with zero attached hydrogens (tertiary/aromatic N) is 5. The number of halogens is 1. The molecule has 12 nitrogen and oxygen atoms in total. The minimum absolute atomic E-state index is 0.0232. The van der Waals surface area contributed by atoms with E-state index in [1.165, 1.54) is 17.4 Å². The normalized spacial score (nSPS) is 30.4. The standard InChI is InChI=1S/C32H38FN7O5S2/c1-3-45-29(41)25-24(35-27(28-34-9-12-46-28)36-26(25)22-5-4-6-23(33)19(22)2)15-38-10-11-39-20(13-38)14-40(30(39)42)32-16-31(17-32,18-32)37-47(43,44)21-7-8-21/h4-6,9,12,20-21,26,37H,3,7-8,10-11,13-18H2,1-2H3,(H,35,36)/t20-,26-,31?,32?/m0/s1. The summed E-state index contributed by atoms with van der Waals surface area (Å²) in [6.07, 6.45) is 5.15. The van der Waals surface area contributed by atoms with Crippen LogP contribution in [0.5, 0.6) is 0 Å². The molecule has 1 aromatic heterocycles. The molecule has 4 aliphatic carbocycles. The number of aromatic nitrogens is 1. The minimum Gasteiger partial charge on any atom is -0.463 e. The second-order valence-corrected chi connectivity index (χ2v) is 16.6. The van der Waals surface area contributed by atoms with Gasteiger partial charge in [-0.1, -0.05) is 12.1 Å². The summed E-state index contributed by atoms with van der Waals surface area (Å²) >= 11 is 1.42. The number of esters is 1. The van der Waals surface area contributed by atoms with E-state index in [4.69, 9.17) is 9.73 Å². The number of rotatable bonds is 10. The average Bonchev–Trinajstić information content (AvgIpc) is 3.64. The van der Waals surface area contributed by atoms with Crippen LogP contribution in [0.15, 0.2) is 46.0 Å². The van der Waals surface area contributed by atoms with E-state index in [9.17, 15) is 22.4 Å². The number of piperazine rings is 1. The quantitative estimate of drug-likeness (QED) is 0.365. The van der Waals surface area contributed by atoms with Crippen LogP contribution in [0.1, 0.15) is 61.2 Å². The van der Waals surface area contributed by atoms with Gasteiger partial charge in [0.1, 0.15) is 11.9 Å². The Labute approximate surface area is 277 Å². The second-order valence-electron chi connectivity index (χ2n) is 13.8. The third-order valence-corrected chi connectivity index (χ3v) is 13.4. The SMILES string of the molecule is CCOC(=O)C1=C(CN2CCN3C(=O)N(C45CC(NS(=O)(=O)C6CC6)(C4)C5)C[C@@H]3C2)NC(c2nccs2)=N[C@H]1c1cccc(F)c1C. The molecule has 0 unspecified atom stereocenters. The number of thiazole rings is 1. The average molecular weight is 684 g/mol. The van der Waals surface area contributed by atoms with Gasteiger partial charge >= 0.3 is 12.0 Å². The van der Waals surface area contributed by atoms with Crippen LogP contribution < -0.4 is 10.0 Å². The van der Waals surface area contributed by atoms with Crippen molar-refractivity contribution < 1.29 is 27.1 Å². The van der Waals surface area contributed by atoms with Gasteiger partial charge in [-0.3, -0.25) is 9.89 Å². The number of amides is 2. The summed E-state index contributed by atoms with van der Waals surface area (Å²) in [5.74, 6) is -0.382. The molecule has 2 N–H and O–H groups in total. The van der Waals surface area contributed by atoms with Gasteiger partial charge in [-0.2, -0.15) is 0 Å². The number of sulfonamides is 1. The molecule has 0 radical (unpaired) electrons. The van der Waals surface area contributed by atoms with E-state index in [1.807, 2.05) is 15.2 Å². The second kappa shape index (κ2) is 11.1. The highest BCUT2D eigenvalue weighted by molar-refractivity contribution is 7.90. The van der Waals surface area contributed by atoms with Crippen LogP contribution in [0.2, 0.25) is 0 Å². The molecule has 4 saturated carbocycles. The number of carbonyl (C=O) groups excluding carboxylic acids is 2. The Hall–Kier alpha value is -3.40. The Morgan fingerprint density at radius 2 is 2.00 bits per heavy atom. The topological polar surface area (TPSA) is 137 Å². The molecular formula is C32H38FN7O5S2. The number of benzene rings is 1. The first kappa shape index (κ1) is 30.9. The van der Waals surface area contributed by atoms with Crippen molar-refractivity contribution in [2.45, 2.75) is 74.4 Å². The lowest BCUT2D eigenvalue weighted by atomic mass is 9.44. The van der Waals surface area contributed by atoms with E-state index in [0.29, 0.717) is 85.2 Å². The maximum atomic E-state index is 14.8. The number of amidine groups is 1. The Morgan fingerprint density at radius 1 is 1.21 bits per heavy atom. The number of nitrogens with one attached hydrogen (secondary N) is 2. The van der Waals surface area contributed by atoms with E-state index in [-0.39, 0.29) is 35.3 Å². The summed E-state index contributed by atoms with van der Waals surface area (Å²) in [4.78, 5) is 42.7. The molecule has 2 aromatic rings. The van der Waals surface area contributed by atoms with Crippen molar-refractivity contribution in [1.82, 2.24) is 29.7 Å². The van der Waals surface area contributed by atoms with Gasteiger partial charge in [0, 0.05) is 55.5 Å². The van der Waals surface area contributed by atoms with Crippen LogP contribution in [0.3, 0.4) is 0 Å². The smallest absolute Gasteiger partial charge is 0.338 e. The number of ether oxygens (including phenoxy) is 1. The van der Waals surface area contributed by atoms with Crippen LogP contribution in [0.25, 0.3) is 0 Å². The lowest BCUT2D eigenvalue weighted by molar-refractivity contribution is -0.145. The van der Waals surface area contributed by atoms with Crippen molar-refractivity contribution in [2.24, 2.45) is 4.99 Å². The van der Waals surface area contributed by atoms with E-state index < -0.39 is 27.6 Å². The Morgan fingerprint density at radius 3 is 2.70 bits per heavy atom. The first-order valence-corrected chi connectivity index (χ1v) is 18.7. The Balaban J connectivity index is 1.02. The zero-order chi connectivity index (χ0) is 32.7. The molecule has 15 heteroatoms. The summed E-state index contributed by atoms with van der Waals surface area (Å²) in [5, 5.41) is 5.63. The molecule has 9 rings (SSSR count). The maximum Gasteiger partial charge on any atom is 0.338 e. The van der Waals surface area contributed by atoms with Crippen LogP contribution in [0, 0.1) is 12.7 Å². The predicted molar refractivity (Wildman–Crippen MR) is 173 cm³/mol. The minimum atomic E-state index is -3.28. The first-order chi connectivity index (χ1) is 22.5. The third kappa shape index (κ3) is 5.16. The molecule has 47 heavy (non-hydrogen) atoms. The zero-order valence-electron chi connectivity index (χ0n) is 26.4. The number of urea groups is 1. The van der Waals surface area contributed by atoms with Crippen LogP contribution >= 0.6 is 11.3 Å². The Kier molecular flexibility index (Phi) is 7.28. The number of fused-ring (bicyclic) bond motifs is 1. The molecule has 2 amide bonds.